The van der Waals surface area contributed by atoms with Crippen molar-refractivity contribution in [2.24, 2.45) is 5.92 Å². The summed E-state index contributed by atoms with van der Waals surface area (Å²) in [4.78, 5) is 26.5. The van der Waals surface area contributed by atoms with E-state index in [4.69, 9.17) is 4.74 Å². The maximum atomic E-state index is 12.6. The number of amides is 2. The minimum Gasteiger partial charge on any atom is -0.444 e. The van der Waals surface area contributed by atoms with Crippen molar-refractivity contribution in [2.45, 2.75) is 90.2 Å². The van der Waals surface area contributed by atoms with Crippen LogP contribution < -0.4 is 5.32 Å². The van der Waals surface area contributed by atoms with E-state index >= 15 is 0 Å². The molecule has 138 valence electrons. The van der Waals surface area contributed by atoms with Crippen molar-refractivity contribution in [2.75, 3.05) is 13.1 Å². The summed E-state index contributed by atoms with van der Waals surface area (Å²) in [5, 5.41) is 3.25. The van der Waals surface area contributed by atoms with Gasteiger partial charge < -0.3 is 15.0 Å². The van der Waals surface area contributed by atoms with Gasteiger partial charge in [-0.1, -0.05) is 32.1 Å². The summed E-state index contributed by atoms with van der Waals surface area (Å²) in [6, 6.07) is 0.315. The predicted molar refractivity (Wildman–Crippen MR) is 94.8 cm³/mol. The highest BCUT2D eigenvalue weighted by molar-refractivity contribution is 5.80. The first-order valence-electron chi connectivity index (χ1n) is 9.63. The Kier molecular flexibility index (Phi) is 6.93. The highest BCUT2D eigenvalue weighted by Crippen LogP contribution is 2.21. The van der Waals surface area contributed by atoms with E-state index in [-0.39, 0.29) is 17.9 Å². The molecule has 2 fully saturated rings. The molecule has 1 saturated carbocycles. The number of hydrogen-bond acceptors (Lipinski definition) is 3. The SMILES string of the molecule is CC(C)(C)OC(=O)N1CCCC(C(=O)NC2CCCCCCC2)C1. The van der Waals surface area contributed by atoms with Gasteiger partial charge in [-0.3, -0.25) is 4.79 Å². The van der Waals surface area contributed by atoms with Gasteiger partial charge in [-0.15, -0.1) is 0 Å². The molecule has 2 rings (SSSR count). The van der Waals surface area contributed by atoms with E-state index in [1.165, 1.54) is 32.1 Å². The molecule has 2 aliphatic rings. The first-order chi connectivity index (χ1) is 11.3. The summed E-state index contributed by atoms with van der Waals surface area (Å²) in [5.74, 6) is 0.0190. The van der Waals surface area contributed by atoms with Gasteiger partial charge >= 0.3 is 6.09 Å². The summed E-state index contributed by atoms with van der Waals surface area (Å²) in [6.45, 7) is 6.77. The standard InChI is InChI=1S/C19H34N2O3/c1-19(2,3)24-18(23)21-13-9-10-15(14-21)17(22)20-16-11-7-5-4-6-8-12-16/h15-16H,4-14H2,1-3H3,(H,20,22). The second-order valence-corrected chi connectivity index (χ2v) is 8.32. The molecule has 1 atom stereocenters. The number of nitrogens with one attached hydrogen (secondary N) is 1. The second-order valence-electron chi connectivity index (χ2n) is 8.32. The summed E-state index contributed by atoms with van der Waals surface area (Å²) >= 11 is 0. The molecule has 0 aromatic rings. The lowest BCUT2D eigenvalue weighted by Crippen LogP contribution is -2.48. The van der Waals surface area contributed by atoms with E-state index in [0.29, 0.717) is 19.1 Å². The monoisotopic (exact) mass is 338 g/mol. The second kappa shape index (κ2) is 8.72. The van der Waals surface area contributed by atoms with Crippen LogP contribution in [0.1, 0.15) is 78.6 Å². The molecule has 0 aromatic carbocycles. The summed E-state index contributed by atoms with van der Waals surface area (Å²) in [5.41, 5.74) is -0.495. The lowest BCUT2D eigenvalue weighted by Gasteiger charge is -2.34. The van der Waals surface area contributed by atoms with Crippen molar-refractivity contribution < 1.29 is 14.3 Å². The van der Waals surface area contributed by atoms with Crippen LogP contribution in [-0.4, -0.2) is 41.6 Å². The molecule has 1 heterocycles. The number of likely N-dealkylation sites (tertiary alicyclic amines) is 1. The Morgan fingerprint density at radius 1 is 0.958 bits per heavy atom. The Morgan fingerprint density at radius 2 is 1.58 bits per heavy atom. The number of piperidine rings is 1. The molecule has 0 spiro atoms. The average Bonchev–Trinajstić information content (AvgIpc) is 2.48. The van der Waals surface area contributed by atoms with Crippen LogP contribution in [0.25, 0.3) is 0 Å². The number of hydrogen-bond donors (Lipinski definition) is 1. The van der Waals surface area contributed by atoms with Crippen molar-refractivity contribution in [1.29, 1.82) is 0 Å². The quantitative estimate of drug-likeness (QED) is 0.831. The fourth-order valence-corrected chi connectivity index (χ4v) is 3.60. The van der Waals surface area contributed by atoms with Crippen LogP contribution in [0.15, 0.2) is 0 Å². The van der Waals surface area contributed by atoms with Crippen molar-refractivity contribution >= 4 is 12.0 Å². The van der Waals surface area contributed by atoms with Crippen molar-refractivity contribution in [3.8, 4) is 0 Å². The van der Waals surface area contributed by atoms with Gasteiger partial charge in [0.25, 0.3) is 0 Å². The molecule has 24 heavy (non-hydrogen) atoms. The van der Waals surface area contributed by atoms with Gasteiger partial charge in [0, 0.05) is 19.1 Å². The predicted octanol–water partition coefficient (Wildman–Crippen LogP) is 3.86. The number of carbonyl (C=O) groups excluding carboxylic acids is 2. The first-order valence-corrected chi connectivity index (χ1v) is 9.63. The molecule has 0 aromatic heterocycles. The zero-order valence-electron chi connectivity index (χ0n) is 15.6. The molecule has 5 heteroatoms. The van der Waals surface area contributed by atoms with Gasteiger partial charge in [-0.2, -0.15) is 0 Å². The van der Waals surface area contributed by atoms with E-state index in [0.717, 1.165) is 25.7 Å². The number of carbonyl (C=O) groups is 2. The van der Waals surface area contributed by atoms with Crippen LogP contribution in [0.2, 0.25) is 0 Å². The maximum Gasteiger partial charge on any atom is 0.410 e. The van der Waals surface area contributed by atoms with Gasteiger partial charge in [0.2, 0.25) is 5.91 Å². The molecular formula is C19H34N2O3. The minimum absolute atomic E-state index is 0.100. The minimum atomic E-state index is -0.495. The summed E-state index contributed by atoms with van der Waals surface area (Å²) in [7, 11) is 0. The zero-order chi connectivity index (χ0) is 17.6. The van der Waals surface area contributed by atoms with E-state index in [1.54, 1.807) is 4.90 Å². The van der Waals surface area contributed by atoms with E-state index in [9.17, 15) is 9.59 Å². The highest BCUT2D eigenvalue weighted by atomic mass is 16.6. The van der Waals surface area contributed by atoms with Crippen LogP contribution in [-0.2, 0) is 9.53 Å². The molecule has 0 bridgehead atoms. The lowest BCUT2D eigenvalue weighted by atomic mass is 9.94. The smallest absolute Gasteiger partial charge is 0.410 e. The summed E-state index contributed by atoms with van der Waals surface area (Å²) in [6.07, 6.45) is 9.91. The Hall–Kier alpha value is -1.26. The Bertz CT molecular complexity index is 423. The highest BCUT2D eigenvalue weighted by Gasteiger charge is 2.31. The average molecular weight is 338 g/mol. The van der Waals surface area contributed by atoms with Crippen molar-refractivity contribution in [3.05, 3.63) is 0 Å². The molecule has 1 unspecified atom stereocenters. The van der Waals surface area contributed by atoms with Gasteiger partial charge in [0.05, 0.1) is 5.92 Å². The van der Waals surface area contributed by atoms with Gasteiger partial charge in [-0.05, 0) is 46.5 Å². The molecule has 1 aliphatic carbocycles. The van der Waals surface area contributed by atoms with Crippen molar-refractivity contribution in [3.63, 3.8) is 0 Å². The van der Waals surface area contributed by atoms with Gasteiger partial charge in [0.15, 0.2) is 0 Å². The molecule has 5 nitrogen and oxygen atoms in total. The number of rotatable bonds is 2. The fraction of sp³-hybridized carbons (Fsp3) is 0.895. The maximum absolute atomic E-state index is 12.6. The van der Waals surface area contributed by atoms with Crippen LogP contribution in [0.3, 0.4) is 0 Å². The topological polar surface area (TPSA) is 58.6 Å². The van der Waals surface area contributed by atoms with Crippen LogP contribution in [0, 0.1) is 5.92 Å². The number of nitrogens with zero attached hydrogens (tertiary/aromatic N) is 1. The first kappa shape index (κ1) is 19.1. The van der Waals surface area contributed by atoms with Crippen molar-refractivity contribution in [1.82, 2.24) is 10.2 Å². The van der Waals surface area contributed by atoms with E-state index in [2.05, 4.69) is 5.32 Å². The third kappa shape index (κ3) is 6.33. The fourth-order valence-electron chi connectivity index (χ4n) is 3.60. The molecule has 1 saturated heterocycles. The zero-order valence-corrected chi connectivity index (χ0v) is 15.6. The Morgan fingerprint density at radius 3 is 2.21 bits per heavy atom. The van der Waals surface area contributed by atoms with Crippen LogP contribution in [0.4, 0.5) is 4.79 Å². The molecule has 1 aliphatic heterocycles. The Balaban J connectivity index is 1.84. The third-order valence-corrected chi connectivity index (χ3v) is 4.90. The van der Waals surface area contributed by atoms with Crippen LogP contribution in [0.5, 0.6) is 0 Å². The van der Waals surface area contributed by atoms with Gasteiger partial charge in [0.1, 0.15) is 5.60 Å². The number of ether oxygens (including phenoxy) is 1. The van der Waals surface area contributed by atoms with Crippen LogP contribution >= 0.6 is 0 Å². The largest absolute Gasteiger partial charge is 0.444 e. The third-order valence-electron chi connectivity index (χ3n) is 4.90. The molecule has 2 amide bonds. The molecule has 1 N–H and O–H groups in total. The van der Waals surface area contributed by atoms with Gasteiger partial charge in [-0.25, -0.2) is 4.79 Å². The van der Waals surface area contributed by atoms with E-state index in [1.807, 2.05) is 20.8 Å². The van der Waals surface area contributed by atoms with E-state index < -0.39 is 5.60 Å². The molecule has 0 radical (unpaired) electrons. The normalized spacial score (nSPS) is 24.0. The summed E-state index contributed by atoms with van der Waals surface area (Å²) < 4.78 is 5.44. The molecular weight excluding hydrogens is 304 g/mol. The Labute approximate surface area is 146 Å². The lowest BCUT2D eigenvalue weighted by molar-refractivity contribution is -0.127.